The number of benzene rings is 1. The molecule has 1 aliphatic heterocycles. The Bertz CT molecular complexity index is 477. The quantitative estimate of drug-likeness (QED) is 0.597. The third-order valence-electron chi connectivity index (χ3n) is 3.28. The molecule has 1 amide bonds. The van der Waals surface area contributed by atoms with Gasteiger partial charge in [0.25, 0.3) is 0 Å². The molecule has 0 aromatic heterocycles. The molecule has 108 valence electrons. The van der Waals surface area contributed by atoms with E-state index in [-0.39, 0.29) is 17.3 Å². The Morgan fingerprint density at radius 1 is 1.45 bits per heavy atom. The van der Waals surface area contributed by atoms with Crippen LogP contribution >= 0.6 is 11.8 Å². The minimum Gasteiger partial charge on any atom is -0.464 e. The van der Waals surface area contributed by atoms with Gasteiger partial charge in [0.05, 0.1) is 18.4 Å². The lowest BCUT2D eigenvalue weighted by Gasteiger charge is -2.42. The lowest BCUT2D eigenvalue weighted by atomic mass is 10.1. The molecule has 1 aliphatic rings. The fourth-order valence-corrected chi connectivity index (χ4v) is 3.45. The number of β-lactam (4-membered cyclic amide) rings is 1. The monoisotopic (exact) mass is 293 g/mol. The van der Waals surface area contributed by atoms with E-state index in [1.165, 1.54) is 5.56 Å². The van der Waals surface area contributed by atoms with E-state index in [1.54, 1.807) is 30.5 Å². The molecule has 0 bridgehead atoms. The smallest absolute Gasteiger partial charge is 0.328 e. The topological polar surface area (TPSA) is 46.6 Å². The first-order valence-corrected chi connectivity index (χ1v) is 7.81. The van der Waals surface area contributed by atoms with Crippen LogP contribution in [0.2, 0.25) is 0 Å². The lowest BCUT2D eigenvalue weighted by molar-refractivity contribution is -0.160. The van der Waals surface area contributed by atoms with Crippen LogP contribution in [0.3, 0.4) is 0 Å². The van der Waals surface area contributed by atoms with Gasteiger partial charge in [0.1, 0.15) is 6.04 Å². The first kappa shape index (κ1) is 14.9. The van der Waals surface area contributed by atoms with Gasteiger partial charge in [-0.1, -0.05) is 30.3 Å². The Morgan fingerprint density at radius 3 is 2.75 bits per heavy atom. The summed E-state index contributed by atoms with van der Waals surface area (Å²) in [5.74, 6) is 0.534. The molecular formula is C15H19NO3S. The fraction of sp³-hybridized carbons (Fsp3) is 0.467. The predicted molar refractivity (Wildman–Crippen MR) is 79.1 cm³/mol. The van der Waals surface area contributed by atoms with E-state index in [0.29, 0.717) is 13.0 Å². The highest BCUT2D eigenvalue weighted by Gasteiger charge is 2.42. The summed E-state index contributed by atoms with van der Waals surface area (Å²) < 4.78 is 4.98. The van der Waals surface area contributed by atoms with E-state index in [1.807, 2.05) is 18.2 Å². The van der Waals surface area contributed by atoms with E-state index < -0.39 is 6.04 Å². The van der Waals surface area contributed by atoms with Gasteiger partial charge >= 0.3 is 5.97 Å². The summed E-state index contributed by atoms with van der Waals surface area (Å²) in [6.45, 7) is 3.84. The number of hydrogen-bond acceptors (Lipinski definition) is 4. The van der Waals surface area contributed by atoms with Crippen LogP contribution < -0.4 is 0 Å². The molecule has 0 aliphatic carbocycles. The Balaban J connectivity index is 1.89. The molecule has 2 rings (SSSR count). The standard InChI is InChI=1S/C15H19NO3S/c1-3-19-15(18)11(2)16-13(17)9-14(16)20-10-12-7-5-4-6-8-12/h4-8,11,14H,3,9-10H2,1-2H3. The number of likely N-dealkylation sites (tertiary alicyclic amines) is 1. The number of amides is 1. The molecule has 20 heavy (non-hydrogen) atoms. The maximum atomic E-state index is 11.7. The van der Waals surface area contributed by atoms with Crippen molar-refractivity contribution >= 4 is 23.6 Å². The zero-order chi connectivity index (χ0) is 14.5. The number of ether oxygens (including phenoxy) is 1. The maximum Gasteiger partial charge on any atom is 0.328 e. The zero-order valence-corrected chi connectivity index (χ0v) is 12.6. The number of esters is 1. The summed E-state index contributed by atoms with van der Waals surface area (Å²) in [6.07, 6.45) is 0.501. The largest absolute Gasteiger partial charge is 0.464 e. The Labute approximate surface area is 123 Å². The zero-order valence-electron chi connectivity index (χ0n) is 11.7. The summed E-state index contributed by atoms with van der Waals surface area (Å²) in [6, 6.07) is 9.61. The fourth-order valence-electron chi connectivity index (χ4n) is 2.15. The van der Waals surface area contributed by atoms with Crippen molar-refractivity contribution in [2.24, 2.45) is 0 Å². The van der Waals surface area contributed by atoms with Gasteiger partial charge in [-0.05, 0) is 19.4 Å². The molecular weight excluding hydrogens is 274 g/mol. The Kier molecular flexibility index (Phi) is 5.06. The van der Waals surface area contributed by atoms with Gasteiger partial charge in [-0.3, -0.25) is 4.79 Å². The van der Waals surface area contributed by atoms with Crippen molar-refractivity contribution < 1.29 is 14.3 Å². The molecule has 2 atom stereocenters. The van der Waals surface area contributed by atoms with E-state index in [0.717, 1.165) is 5.75 Å². The van der Waals surface area contributed by atoms with Crippen molar-refractivity contribution in [3.8, 4) is 0 Å². The van der Waals surface area contributed by atoms with Crippen LogP contribution in [0, 0.1) is 0 Å². The van der Waals surface area contributed by atoms with E-state index >= 15 is 0 Å². The number of nitrogens with zero attached hydrogens (tertiary/aromatic N) is 1. The first-order chi connectivity index (χ1) is 9.63. The molecule has 2 unspecified atom stereocenters. The molecule has 1 fully saturated rings. The van der Waals surface area contributed by atoms with Crippen molar-refractivity contribution in [2.45, 2.75) is 37.4 Å². The van der Waals surface area contributed by atoms with Crippen molar-refractivity contribution in [2.75, 3.05) is 6.61 Å². The van der Waals surface area contributed by atoms with Crippen molar-refractivity contribution in [1.82, 2.24) is 4.90 Å². The van der Waals surface area contributed by atoms with Crippen LogP contribution in [0.1, 0.15) is 25.8 Å². The van der Waals surface area contributed by atoms with Gasteiger partial charge < -0.3 is 9.64 Å². The van der Waals surface area contributed by atoms with Gasteiger partial charge in [-0.2, -0.15) is 0 Å². The van der Waals surface area contributed by atoms with Crippen molar-refractivity contribution in [1.29, 1.82) is 0 Å². The Hall–Kier alpha value is -1.49. The molecule has 1 heterocycles. The third-order valence-corrected chi connectivity index (χ3v) is 4.56. The predicted octanol–water partition coefficient (Wildman–Crippen LogP) is 2.43. The average molecular weight is 293 g/mol. The Morgan fingerprint density at radius 2 is 2.15 bits per heavy atom. The molecule has 0 spiro atoms. The summed E-state index contributed by atoms with van der Waals surface area (Å²) in [7, 11) is 0. The van der Waals surface area contributed by atoms with Crippen LogP contribution in [0.5, 0.6) is 0 Å². The van der Waals surface area contributed by atoms with Crippen LogP contribution in [-0.4, -0.2) is 34.8 Å². The lowest BCUT2D eigenvalue weighted by Crippen LogP contribution is -2.57. The average Bonchev–Trinajstić information content (AvgIpc) is 2.44. The van der Waals surface area contributed by atoms with Crippen molar-refractivity contribution in [3.05, 3.63) is 35.9 Å². The molecule has 1 aromatic carbocycles. The first-order valence-electron chi connectivity index (χ1n) is 6.76. The highest BCUT2D eigenvalue weighted by Crippen LogP contribution is 2.33. The summed E-state index contributed by atoms with van der Waals surface area (Å²) in [5.41, 5.74) is 1.22. The van der Waals surface area contributed by atoms with E-state index in [9.17, 15) is 9.59 Å². The molecule has 0 saturated carbocycles. The summed E-state index contributed by atoms with van der Waals surface area (Å²) in [5, 5.41) is 0.0714. The maximum absolute atomic E-state index is 11.7. The van der Waals surface area contributed by atoms with Gasteiger partial charge in [-0.25, -0.2) is 4.79 Å². The second-order valence-corrected chi connectivity index (χ2v) is 5.85. The second-order valence-electron chi connectivity index (χ2n) is 4.68. The highest BCUT2D eigenvalue weighted by atomic mass is 32.2. The minimum absolute atomic E-state index is 0.0242. The van der Waals surface area contributed by atoms with Gasteiger partial charge in [0.15, 0.2) is 0 Å². The second kappa shape index (κ2) is 6.79. The third kappa shape index (κ3) is 3.33. The molecule has 1 saturated heterocycles. The van der Waals surface area contributed by atoms with Crippen LogP contribution in [0.25, 0.3) is 0 Å². The number of carbonyl (C=O) groups is 2. The van der Waals surface area contributed by atoms with Crippen molar-refractivity contribution in [3.63, 3.8) is 0 Å². The normalized spacial score (nSPS) is 19.4. The van der Waals surface area contributed by atoms with Crippen LogP contribution in [0.4, 0.5) is 0 Å². The molecule has 5 heteroatoms. The van der Waals surface area contributed by atoms with E-state index in [4.69, 9.17) is 4.74 Å². The highest BCUT2D eigenvalue weighted by molar-refractivity contribution is 7.99. The van der Waals surface area contributed by atoms with Gasteiger partial charge in [0.2, 0.25) is 5.91 Å². The van der Waals surface area contributed by atoms with Gasteiger partial charge in [-0.15, -0.1) is 11.8 Å². The number of thioether (sulfide) groups is 1. The molecule has 0 radical (unpaired) electrons. The van der Waals surface area contributed by atoms with Gasteiger partial charge in [0, 0.05) is 5.75 Å². The van der Waals surface area contributed by atoms with Crippen LogP contribution in [-0.2, 0) is 20.1 Å². The number of hydrogen-bond donors (Lipinski definition) is 0. The van der Waals surface area contributed by atoms with Crippen LogP contribution in [0.15, 0.2) is 30.3 Å². The minimum atomic E-state index is -0.496. The number of carbonyl (C=O) groups excluding carboxylic acids is 2. The summed E-state index contributed by atoms with van der Waals surface area (Å²) in [4.78, 5) is 25.1. The summed E-state index contributed by atoms with van der Waals surface area (Å²) >= 11 is 1.69. The van der Waals surface area contributed by atoms with E-state index in [2.05, 4.69) is 12.1 Å². The molecule has 1 aromatic rings. The molecule has 4 nitrogen and oxygen atoms in total. The molecule has 0 N–H and O–H groups in total. The number of rotatable bonds is 6. The SMILES string of the molecule is CCOC(=O)C(C)N1C(=O)CC1SCc1ccccc1.